The van der Waals surface area contributed by atoms with Crippen molar-refractivity contribution in [2.75, 3.05) is 41.7 Å². The van der Waals surface area contributed by atoms with E-state index in [0.717, 1.165) is 51.6 Å². The van der Waals surface area contributed by atoms with E-state index in [0.29, 0.717) is 19.0 Å². The molecule has 0 heterocycles. The van der Waals surface area contributed by atoms with Gasteiger partial charge in [0, 0.05) is 43.8 Å². The molecule has 0 aliphatic heterocycles. The van der Waals surface area contributed by atoms with Crippen LogP contribution in [0, 0.1) is 0 Å². The number of aromatic hydroxyl groups is 1. The summed E-state index contributed by atoms with van der Waals surface area (Å²) in [6, 6.07) is 22.5. The van der Waals surface area contributed by atoms with Crippen molar-refractivity contribution in [1.29, 1.82) is 0 Å². The van der Waals surface area contributed by atoms with Gasteiger partial charge in [0.2, 0.25) is 0 Å². The highest BCUT2D eigenvalue weighted by Gasteiger charge is 2.43. The summed E-state index contributed by atoms with van der Waals surface area (Å²) < 4.78 is 22.2. The van der Waals surface area contributed by atoms with Gasteiger partial charge >= 0.3 is 0 Å². The Morgan fingerprint density at radius 3 is 2.03 bits per heavy atom. The molecule has 5 nitrogen and oxygen atoms in total. The molecule has 4 aromatic carbocycles. The molecule has 0 bridgehead atoms. The van der Waals surface area contributed by atoms with Gasteiger partial charge in [0.1, 0.15) is 17.2 Å². The number of phenols is 1. The van der Waals surface area contributed by atoms with E-state index in [-0.39, 0.29) is 11.2 Å². The Kier molecular flexibility index (Phi) is 6.61. The lowest BCUT2D eigenvalue weighted by Crippen LogP contribution is -2.28. The van der Waals surface area contributed by atoms with Gasteiger partial charge in [0.15, 0.2) is 0 Å². The van der Waals surface area contributed by atoms with Crippen LogP contribution in [0.1, 0.15) is 24.0 Å². The lowest BCUT2D eigenvalue weighted by molar-refractivity contribution is 0.145. The standard InChI is InChI=1S/C31H32O5/c1-33-15-13-31(14-16-34-2)26-8-6-5-7-22(26)30-25-17-23(20-9-11-21(35-3)12-10-20)29(36-4)18-24(25)28(32)19-27(30)31/h5-12,17-19,32H,13-16H2,1-4H3. The van der Waals surface area contributed by atoms with Crippen LogP contribution < -0.4 is 9.47 Å². The van der Waals surface area contributed by atoms with Crippen LogP contribution in [0.4, 0.5) is 0 Å². The summed E-state index contributed by atoms with van der Waals surface area (Å²) in [4.78, 5) is 0. The zero-order valence-electron chi connectivity index (χ0n) is 21.3. The first kappa shape index (κ1) is 24.2. The van der Waals surface area contributed by atoms with Crippen molar-refractivity contribution in [2.24, 2.45) is 0 Å². The fourth-order valence-corrected chi connectivity index (χ4v) is 5.74. The van der Waals surface area contributed by atoms with Gasteiger partial charge < -0.3 is 24.1 Å². The lowest BCUT2D eigenvalue weighted by atomic mass is 9.73. The number of rotatable bonds is 9. The maximum absolute atomic E-state index is 11.3. The van der Waals surface area contributed by atoms with Crippen LogP contribution in [-0.2, 0) is 14.9 Å². The fourth-order valence-electron chi connectivity index (χ4n) is 5.74. The lowest BCUT2D eigenvalue weighted by Gasteiger charge is -2.32. The van der Waals surface area contributed by atoms with Crippen LogP contribution in [0.2, 0.25) is 0 Å². The molecule has 0 unspecified atom stereocenters. The summed E-state index contributed by atoms with van der Waals surface area (Å²) in [6.07, 6.45) is 1.59. The first-order chi connectivity index (χ1) is 17.6. The number of methoxy groups -OCH3 is 4. The van der Waals surface area contributed by atoms with Gasteiger partial charge in [-0.05, 0) is 76.4 Å². The molecular weight excluding hydrogens is 452 g/mol. The van der Waals surface area contributed by atoms with E-state index >= 15 is 0 Å². The molecule has 0 saturated carbocycles. The largest absolute Gasteiger partial charge is 0.507 e. The smallest absolute Gasteiger partial charge is 0.127 e. The van der Waals surface area contributed by atoms with Crippen LogP contribution in [0.25, 0.3) is 33.0 Å². The van der Waals surface area contributed by atoms with Crippen LogP contribution in [0.5, 0.6) is 17.2 Å². The SMILES string of the molecule is COCCC1(CCOC)c2ccccc2-c2c1cc(O)c1cc(OC)c(-c3ccc(OC)cc3)cc21. The molecule has 0 aromatic heterocycles. The van der Waals surface area contributed by atoms with E-state index in [4.69, 9.17) is 18.9 Å². The summed E-state index contributed by atoms with van der Waals surface area (Å²) in [7, 11) is 6.79. The quantitative estimate of drug-likeness (QED) is 0.291. The van der Waals surface area contributed by atoms with Gasteiger partial charge in [0.05, 0.1) is 14.2 Å². The second-order valence-corrected chi connectivity index (χ2v) is 9.26. The average molecular weight is 485 g/mol. The number of phenolic OH excluding ortho intramolecular Hbond substituents is 1. The van der Waals surface area contributed by atoms with Crippen molar-refractivity contribution < 1.29 is 24.1 Å². The van der Waals surface area contributed by atoms with Gasteiger partial charge in [-0.15, -0.1) is 0 Å². The van der Waals surface area contributed by atoms with Gasteiger partial charge in [-0.1, -0.05) is 36.4 Å². The molecule has 0 spiro atoms. The molecule has 0 atom stereocenters. The first-order valence-electron chi connectivity index (χ1n) is 12.2. The van der Waals surface area contributed by atoms with Crippen LogP contribution in [-0.4, -0.2) is 46.8 Å². The van der Waals surface area contributed by atoms with E-state index in [1.165, 1.54) is 11.1 Å². The Bertz CT molecular complexity index is 1380. The van der Waals surface area contributed by atoms with Crippen molar-refractivity contribution in [3.8, 4) is 39.5 Å². The molecule has 1 aliphatic carbocycles. The van der Waals surface area contributed by atoms with E-state index in [2.05, 4.69) is 30.3 Å². The molecule has 4 aromatic rings. The summed E-state index contributed by atoms with van der Waals surface area (Å²) in [5.41, 5.74) is 6.38. The second-order valence-electron chi connectivity index (χ2n) is 9.26. The summed E-state index contributed by atoms with van der Waals surface area (Å²) in [6.45, 7) is 1.21. The van der Waals surface area contributed by atoms with Gasteiger partial charge in [-0.3, -0.25) is 0 Å². The predicted octanol–water partition coefficient (Wildman–Crippen LogP) is 6.57. The maximum Gasteiger partial charge on any atom is 0.127 e. The van der Waals surface area contributed by atoms with Gasteiger partial charge in [-0.2, -0.15) is 0 Å². The van der Waals surface area contributed by atoms with Crippen molar-refractivity contribution in [1.82, 2.24) is 0 Å². The maximum atomic E-state index is 11.3. The number of ether oxygens (including phenoxy) is 4. The van der Waals surface area contributed by atoms with E-state index < -0.39 is 0 Å². The first-order valence-corrected chi connectivity index (χ1v) is 12.2. The van der Waals surface area contributed by atoms with Crippen molar-refractivity contribution in [2.45, 2.75) is 18.3 Å². The van der Waals surface area contributed by atoms with Crippen molar-refractivity contribution in [3.63, 3.8) is 0 Å². The summed E-state index contributed by atoms with van der Waals surface area (Å²) in [5.74, 6) is 1.75. The Labute approximate surface area is 212 Å². The van der Waals surface area contributed by atoms with Crippen molar-refractivity contribution in [3.05, 3.63) is 77.9 Å². The monoisotopic (exact) mass is 484 g/mol. The van der Waals surface area contributed by atoms with Gasteiger partial charge in [-0.25, -0.2) is 0 Å². The molecule has 0 saturated heterocycles. The third kappa shape index (κ3) is 3.80. The summed E-state index contributed by atoms with van der Waals surface area (Å²) in [5, 5.41) is 13.1. The topological polar surface area (TPSA) is 57.2 Å². The van der Waals surface area contributed by atoms with Crippen LogP contribution in [0.3, 0.4) is 0 Å². The molecule has 5 rings (SSSR count). The Balaban J connectivity index is 1.83. The minimum atomic E-state index is -0.316. The number of hydrogen-bond acceptors (Lipinski definition) is 5. The molecule has 1 N–H and O–H groups in total. The summed E-state index contributed by atoms with van der Waals surface area (Å²) >= 11 is 0. The number of hydrogen-bond donors (Lipinski definition) is 1. The molecule has 5 heteroatoms. The third-order valence-corrected chi connectivity index (χ3v) is 7.53. The van der Waals surface area contributed by atoms with Crippen molar-refractivity contribution >= 4 is 10.8 Å². The Hall–Kier alpha value is -3.54. The molecule has 1 aliphatic rings. The minimum absolute atomic E-state index is 0.246. The van der Waals surface area contributed by atoms with Crippen LogP contribution in [0.15, 0.2) is 66.7 Å². The number of benzene rings is 4. The molecule has 0 fully saturated rings. The normalized spacial score (nSPS) is 13.4. The highest BCUT2D eigenvalue weighted by molar-refractivity contribution is 6.07. The predicted molar refractivity (Wildman–Crippen MR) is 143 cm³/mol. The van der Waals surface area contributed by atoms with Gasteiger partial charge in [0.25, 0.3) is 0 Å². The second kappa shape index (κ2) is 9.84. The highest BCUT2D eigenvalue weighted by atomic mass is 16.5. The third-order valence-electron chi connectivity index (χ3n) is 7.53. The Morgan fingerprint density at radius 1 is 0.694 bits per heavy atom. The molecule has 0 radical (unpaired) electrons. The van der Waals surface area contributed by atoms with Crippen LogP contribution >= 0.6 is 0 Å². The molecular formula is C31H32O5. The molecule has 0 amide bonds. The number of fused-ring (bicyclic) bond motifs is 5. The fraction of sp³-hybridized carbons (Fsp3) is 0.290. The van der Waals surface area contributed by atoms with E-state index in [1.807, 2.05) is 36.4 Å². The highest BCUT2D eigenvalue weighted by Crippen LogP contribution is 2.57. The van der Waals surface area contributed by atoms with E-state index in [9.17, 15) is 5.11 Å². The average Bonchev–Trinajstić information content (AvgIpc) is 3.19. The Morgan fingerprint density at radius 2 is 1.39 bits per heavy atom. The minimum Gasteiger partial charge on any atom is -0.507 e. The zero-order valence-corrected chi connectivity index (χ0v) is 21.3. The molecule has 36 heavy (non-hydrogen) atoms. The van der Waals surface area contributed by atoms with E-state index in [1.54, 1.807) is 28.4 Å². The molecule has 186 valence electrons. The zero-order chi connectivity index (χ0) is 25.3.